The van der Waals surface area contributed by atoms with Crippen LogP contribution in [0.1, 0.15) is 15.9 Å². The number of nitrogens with zero attached hydrogens (tertiary/aromatic N) is 1. The number of ether oxygens (including phenoxy) is 1. The molecule has 144 valence electrons. The second kappa shape index (κ2) is 8.69. The molecule has 2 amide bonds. The zero-order valence-electron chi connectivity index (χ0n) is 14.8. The predicted octanol–water partition coefficient (Wildman–Crippen LogP) is 2.04. The molecule has 3 aromatic rings. The van der Waals surface area contributed by atoms with Crippen molar-refractivity contribution >= 4 is 34.3 Å². The van der Waals surface area contributed by atoms with E-state index in [2.05, 4.69) is 10.3 Å². The van der Waals surface area contributed by atoms with Crippen LogP contribution in [0.2, 0.25) is 5.02 Å². The Hall–Kier alpha value is -3.16. The molecule has 0 bridgehead atoms. The van der Waals surface area contributed by atoms with Gasteiger partial charge in [-0.1, -0.05) is 23.7 Å². The molecule has 1 aromatic heterocycles. The van der Waals surface area contributed by atoms with Gasteiger partial charge in [-0.05, 0) is 42.0 Å². The van der Waals surface area contributed by atoms with E-state index in [4.69, 9.17) is 27.2 Å². The summed E-state index contributed by atoms with van der Waals surface area (Å²) in [4.78, 5) is 27.5. The van der Waals surface area contributed by atoms with Crippen LogP contribution >= 0.6 is 11.6 Å². The quantitative estimate of drug-likeness (QED) is 0.562. The summed E-state index contributed by atoms with van der Waals surface area (Å²) in [6.45, 7) is -0.286. The minimum Gasteiger partial charge on any atom is -0.487 e. The lowest BCUT2D eigenvalue weighted by molar-refractivity contribution is -0.120. The highest BCUT2D eigenvalue weighted by Gasteiger charge is 2.17. The predicted molar refractivity (Wildman–Crippen MR) is 105 cm³/mol. The number of halogens is 1. The number of nitrogens with two attached hydrogens (primary N) is 1. The topological polar surface area (TPSA) is 115 Å². The third kappa shape index (κ3) is 4.39. The number of benzene rings is 2. The van der Waals surface area contributed by atoms with E-state index >= 15 is 0 Å². The number of carbonyl (C=O) groups is 2. The lowest BCUT2D eigenvalue weighted by Gasteiger charge is -2.13. The molecular weight excluding hydrogens is 382 g/mol. The number of carbonyl (C=O) groups excluding carboxylic acids is 2. The van der Waals surface area contributed by atoms with Gasteiger partial charge in [0.1, 0.15) is 23.9 Å². The molecule has 4 N–H and O–H groups in total. The molecule has 0 radical (unpaired) electrons. The Labute approximate surface area is 166 Å². The van der Waals surface area contributed by atoms with Gasteiger partial charge in [-0.2, -0.15) is 0 Å². The molecule has 3 rings (SSSR count). The average molecular weight is 400 g/mol. The van der Waals surface area contributed by atoms with Crippen LogP contribution in [0.4, 0.5) is 0 Å². The monoisotopic (exact) mass is 399 g/mol. The molecule has 1 atom stereocenters. The van der Waals surface area contributed by atoms with E-state index in [1.807, 2.05) is 6.07 Å². The molecule has 7 nitrogen and oxygen atoms in total. The Morgan fingerprint density at radius 1 is 1.18 bits per heavy atom. The van der Waals surface area contributed by atoms with Crippen LogP contribution in [0.15, 0.2) is 54.7 Å². The number of aliphatic hydroxyl groups excluding tert-OH is 1. The first-order chi connectivity index (χ1) is 13.5. The number of pyridine rings is 1. The molecule has 0 fully saturated rings. The maximum atomic E-state index is 12.1. The SMILES string of the molecule is NC(=O)C(CO)NC(=O)c1ccc(COc2ccc(Cl)c3cccnc23)cc1. The van der Waals surface area contributed by atoms with Crippen LogP contribution in [0.3, 0.4) is 0 Å². The van der Waals surface area contributed by atoms with E-state index < -0.39 is 24.5 Å². The fraction of sp³-hybridized carbons (Fsp3) is 0.150. The summed E-state index contributed by atoms with van der Waals surface area (Å²) in [5, 5.41) is 12.8. The van der Waals surface area contributed by atoms with Gasteiger partial charge in [-0.15, -0.1) is 0 Å². The van der Waals surface area contributed by atoms with Gasteiger partial charge in [0.05, 0.1) is 11.6 Å². The molecule has 0 saturated carbocycles. The van der Waals surface area contributed by atoms with Crippen molar-refractivity contribution in [3.63, 3.8) is 0 Å². The maximum absolute atomic E-state index is 12.1. The van der Waals surface area contributed by atoms with Gasteiger partial charge in [-0.25, -0.2) is 0 Å². The van der Waals surface area contributed by atoms with Crippen LogP contribution in [-0.4, -0.2) is 34.6 Å². The van der Waals surface area contributed by atoms with Crippen molar-refractivity contribution in [3.8, 4) is 5.75 Å². The third-order valence-electron chi connectivity index (χ3n) is 4.12. The van der Waals surface area contributed by atoms with Gasteiger partial charge in [0, 0.05) is 17.1 Å². The number of nitrogens with one attached hydrogen (secondary N) is 1. The molecule has 28 heavy (non-hydrogen) atoms. The Bertz CT molecular complexity index is 1010. The number of hydrogen-bond donors (Lipinski definition) is 3. The number of aromatic nitrogens is 1. The number of primary amides is 1. The van der Waals surface area contributed by atoms with Gasteiger partial charge >= 0.3 is 0 Å². The summed E-state index contributed by atoms with van der Waals surface area (Å²) in [5.41, 5.74) is 6.94. The minimum atomic E-state index is -1.12. The molecular formula is C20H18ClN3O4. The molecule has 8 heteroatoms. The normalized spacial score (nSPS) is 11.8. The summed E-state index contributed by atoms with van der Waals surface area (Å²) in [6.07, 6.45) is 1.67. The second-order valence-corrected chi connectivity index (χ2v) is 6.45. The van der Waals surface area contributed by atoms with Gasteiger partial charge in [-0.3, -0.25) is 14.6 Å². The summed E-state index contributed by atoms with van der Waals surface area (Å²) in [7, 11) is 0. The molecule has 1 heterocycles. The first-order valence-electron chi connectivity index (χ1n) is 8.45. The van der Waals surface area contributed by atoms with E-state index in [1.54, 1.807) is 48.7 Å². The van der Waals surface area contributed by atoms with Crippen LogP contribution in [0.5, 0.6) is 5.75 Å². The van der Waals surface area contributed by atoms with Crippen LogP contribution in [-0.2, 0) is 11.4 Å². The highest BCUT2D eigenvalue weighted by Crippen LogP contribution is 2.30. The number of hydrogen-bond acceptors (Lipinski definition) is 5. The fourth-order valence-electron chi connectivity index (χ4n) is 2.59. The molecule has 0 aliphatic rings. The Kier molecular flexibility index (Phi) is 6.08. The van der Waals surface area contributed by atoms with Gasteiger partial charge < -0.3 is 20.9 Å². The van der Waals surface area contributed by atoms with E-state index in [1.165, 1.54) is 0 Å². The van der Waals surface area contributed by atoms with Crippen molar-refractivity contribution in [2.75, 3.05) is 6.61 Å². The highest BCUT2D eigenvalue weighted by atomic mass is 35.5. The molecule has 0 spiro atoms. The number of amides is 2. The van der Waals surface area contributed by atoms with Crippen LogP contribution in [0.25, 0.3) is 10.9 Å². The Morgan fingerprint density at radius 2 is 1.93 bits per heavy atom. The Morgan fingerprint density at radius 3 is 2.61 bits per heavy atom. The standard InChI is InChI=1S/C20H18ClN3O4/c21-15-7-8-17(18-14(15)2-1-9-23-18)28-11-12-3-5-13(6-4-12)20(27)24-16(10-25)19(22)26/h1-9,16,25H,10-11H2,(H2,22,26)(H,24,27). The maximum Gasteiger partial charge on any atom is 0.251 e. The molecule has 1 unspecified atom stereocenters. The largest absolute Gasteiger partial charge is 0.487 e. The second-order valence-electron chi connectivity index (χ2n) is 6.04. The lowest BCUT2D eigenvalue weighted by Crippen LogP contribution is -2.46. The highest BCUT2D eigenvalue weighted by molar-refractivity contribution is 6.35. The fourth-order valence-corrected chi connectivity index (χ4v) is 2.81. The zero-order chi connectivity index (χ0) is 20.1. The minimum absolute atomic E-state index is 0.274. The molecule has 0 aliphatic carbocycles. The Balaban J connectivity index is 1.68. The first-order valence-corrected chi connectivity index (χ1v) is 8.83. The third-order valence-corrected chi connectivity index (χ3v) is 4.45. The van der Waals surface area contributed by atoms with Crippen molar-refractivity contribution < 1.29 is 19.4 Å². The number of rotatable bonds is 7. The van der Waals surface area contributed by atoms with Crippen molar-refractivity contribution in [2.24, 2.45) is 5.73 Å². The average Bonchev–Trinajstić information content (AvgIpc) is 2.71. The van der Waals surface area contributed by atoms with Crippen molar-refractivity contribution in [3.05, 3.63) is 70.9 Å². The first kappa shape index (κ1) is 19.6. The van der Waals surface area contributed by atoms with Crippen molar-refractivity contribution in [2.45, 2.75) is 12.6 Å². The van der Waals surface area contributed by atoms with Gasteiger partial charge in [0.15, 0.2) is 0 Å². The molecule has 0 aliphatic heterocycles. The summed E-state index contributed by atoms with van der Waals surface area (Å²) >= 11 is 6.18. The van der Waals surface area contributed by atoms with E-state index in [9.17, 15) is 9.59 Å². The van der Waals surface area contributed by atoms with E-state index in [0.717, 1.165) is 10.9 Å². The van der Waals surface area contributed by atoms with Crippen LogP contribution < -0.4 is 15.8 Å². The number of aliphatic hydroxyl groups is 1. The lowest BCUT2D eigenvalue weighted by atomic mass is 10.1. The van der Waals surface area contributed by atoms with Crippen molar-refractivity contribution in [1.82, 2.24) is 10.3 Å². The number of fused-ring (bicyclic) bond motifs is 1. The van der Waals surface area contributed by atoms with E-state index in [0.29, 0.717) is 21.9 Å². The molecule has 0 saturated heterocycles. The zero-order valence-corrected chi connectivity index (χ0v) is 15.5. The summed E-state index contributed by atoms with van der Waals surface area (Å²) in [5.74, 6) is -0.697. The van der Waals surface area contributed by atoms with Crippen molar-refractivity contribution in [1.29, 1.82) is 0 Å². The summed E-state index contributed by atoms with van der Waals surface area (Å²) < 4.78 is 5.86. The molecule has 2 aromatic carbocycles. The van der Waals surface area contributed by atoms with E-state index in [-0.39, 0.29) is 6.61 Å². The summed E-state index contributed by atoms with van der Waals surface area (Å²) in [6, 6.07) is 12.7. The van der Waals surface area contributed by atoms with Crippen LogP contribution in [0, 0.1) is 0 Å². The van der Waals surface area contributed by atoms with Gasteiger partial charge in [0.25, 0.3) is 5.91 Å². The van der Waals surface area contributed by atoms with Gasteiger partial charge in [0.2, 0.25) is 5.91 Å². The smallest absolute Gasteiger partial charge is 0.251 e.